The molecule has 2 aromatic rings. The van der Waals surface area contributed by atoms with E-state index in [0.717, 1.165) is 30.9 Å². The molecule has 0 aliphatic heterocycles. The molecule has 0 saturated heterocycles. The van der Waals surface area contributed by atoms with E-state index >= 15 is 0 Å². The number of halogens is 3. The lowest BCUT2D eigenvalue weighted by atomic mass is 10.2. The summed E-state index contributed by atoms with van der Waals surface area (Å²) in [5.74, 6) is -0.335. The zero-order chi connectivity index (χ0) is 19.2. The topological polar surface area (TPSA) is 44.4 Å². The van der Waals surface area contributed by atoms with E-state index in [2.05, 4.69) is 29.4 Å². The van der Waals surface area contributed by atoms with Crippen molar-refractivity contribution in [3.63, 3.8) is 0 Å². The van der Waals surface area contributed by atoms with E-state index in [0.29, 0.717) is 5.69 Å². The summed E-state index contributed by atoms with van der Waals surface area (Å²) in [4.78, 5) is 14.2. The number of nitrogens with one attached hydrogen (secondary N) is 2. The second kappa shape index (κ2) is 8.60. The Morgan fingerprint density at radius 1 is 1.00 bits per heavy atom. The first kappa shape index (κ1) is 19.6. The smallest absolute Gasteiger partial charge is 0.376 e. The van der Waals surface area contributed by atoms with Crippen LogP contribution in [0.5, 0.6) is 0 Å². The van der Waals surface area contributed by atoms with Gasteiger partial charge >= 0.3 is 6.18 Å². The molecule has 0 spiro atoms. The van der Waals surface area contributed by atoms with Crippen molar-refractivity contribution in [2.24, 2.45) is 0 Å². The molecule has 140 valence electrons. The van der Waals surface area contributed by atoms with Crippen LogP contribution in [-0.4, -0.2) is 25.5 Å². The summed E-state index contributed by atoms with van der Waals surface area (Å²) in [5.41, 5.74) is 1.19. The highest BCUT2D eigenvalue weighted by atomic mass is 19.4. The number of carbonyl (C=O) groups is 1. The van der Waals surface area contributed by atoms with Crippen LogP contribution in [0.4, 0.5) is 30.2 Å². The lowest BCUT2D eigenvalue weighted by Crippen LogP contribution is -2.23. The fraction of sp³-hybridized carbons (Fsp3) is 0.316. The van der Waals surface area contributed by atoms with Gasteiger partial charge in [-0.25, -0.2) is 0 Å². The van der Waals surface area contributed by atoms with E-state index in [1.807, 2.05) is 12.1 Å². The van der Waals surface area contributed by atoms with Crippen molar-refractivity contribution in [3.8, 4) is 0 Å². The Morgan fingerprint density at radius 2 is 1.65 bits per heavy atom. The maximum Gasteiger partial charge on any atom is 0.416 e. The van der Waals surface area contributed by atoms with Crippen LogP contribution in [0.2, 0.25) is 0 Å². The van der Waals surface area contributed by atoms with Crippen molar-refractivity contribution < 1.29 is 18.0 Å². The lowest BCUT2D eigenvalue weighted by Gasteiger charge is -2.21. The molecule has 2 aromatic carbocycles. The molecule has 0 bridgehead atoms. The van der Waals surface area contributed by atoms with Crippen LogP contribution < -0.4 is 15.5 Å². The lowest BCUT2D eigenvalue weighted by molar-refractivity contribution is -0.137. The summed E-state index contributed by atoms with van der Waals surface area (Å²) in [6.45, 7) is 5.79. The fourth-order valence-electron chi connectivity index (χ4n) is 2.54. The van der Waals surface area contributed by atoms with E-state index in [9.17, 15) is 18.0 Å². The van der Waals surface area contributed by atoms with E-state index < -0.39 is 11.7 Å². The maximum atomic E-state index is 12.7. The molecule has 2 rings (SSSR count). The normalized spacial score (nSPS) is 11.1. The molecule has 0 aliphatic rings. The molecule has 0 atom stereocenters. The van der Waals surface area contributed by atoms with Crippen molar-refractivity contribution in [2.75, 3.05) is 35.2 Å². The van der Waals surface area contributed by atoms with Gasteiger partial charge in [-0.3, -0.25) is 4.79 Å². The third-order valence-electron chi connectivity index (χ3n) is 3.92. The summed E-state index contributed by atoms with van der Waals surface area (Å²) in [7, 11) is 0. The molecule has 0 aliphatic carbocycles. The number of benzene rings is 2. The van der Waals surface area contributed by atoms with Crippen LogP contribution in [0.1, 0.15) is 19.4 Å². The SMILES string of the molecule is CCN(CC)c1ccc(NC(=O)CNc2cccc(C(F)(F)F)c2)cc1. The van der Waals surface area contributed by atoms with Gasteiger partial charge in [-0.05, 0) is 56.3 Å². The van der Waals surface area contributed by atoms with Crippen molar-refractivity contribution in [2.45, 2.75) is 20.0 Å². The van der Waals surface area contributed by atoms with E-state index in [4.69, 9.17) is 0 Å². The van der Waals surface area contributed by atoms with Crippen LogP contribution >= 0.6 is 0 Å². The average molecular weight is 365 g/mol. The van der Waals surface area contributed by atoms with Crippen molar-refractivity contribution in [1.82, 2.24) is 0 Å². The Morgan fingerprint density at radius 3 is 2.23 bits per heavy atom. The number of alkyl halides is 3. The Hall–Kier alpha value is -2.70. The van der Waals surface area contributed by atoms with Gasteiger partial charge < -0.3 is 15.5 Å². The van der Waals surface area contributed by atoms with E-state index in [1.165, 1.54) is 12.1 Å². The molecule has 2 N–H and O–H groups in total. The van der Waals surface area contributed by atoms with Gasteiger partial charge in [0, 0.05) is 30.2 Å². The van der Waals surface area contributed by atoms with Gasteiger partial charge in [-0.2, -0.15) is 13.2 Å². The molecule has 0 fully saturated rings. The highest BCUT2D eigenvalue weighted by Gasteiger charge is 2.30. The van der Waals surface area contributed by atoms with Crippen molar-refractivity contribution in [3.05, 3.63) is 54.1 Å². The summed E-state index contributed by atoms with van der Waals surface area (Å²) in [6, 6.07) is 12.2. The third kappa shape index (κ3) is 5.40. The minimum atomic E-state index is -4.41. The minimum Gasteiger partial charge on any atom is -0.376 e. The highest BCUT2D eigenvalue weighted by molar-refractivity contribution is 5.93. The van der Waals surface area contributed by atoms with Gasteiger partial charge in [0.25, 0.3) is 0 Å². The zero-order valence-corrected chi connectivity index (χ0v) is 14.7. The third-order valence-corrected chi connectivity index (χ3v) is 3.92. The van der Waals surface area contributed by atoms with Crippen LogP contribution in [0.3, 0.4) is 0 Å². The van der Waals surface area contributed by atoms with Gasteiger partial charge in [-0.15, -0.1) is 0 Å². The summed E-state index contributed by atoms with van der Waals surface area (Å²) < 4.78 is 38.1. The summed E-state index contributed by atoms with van der Waals surface area (Å²) in [5, 5.41) is 5.42. The molecular formula is C19H22F3N3O. The Kier molecular flexibility index (Phi) is 6.49. The number of rotatable bonds is 7. The molecular weight excluding hydrogens is 343 g/mol. The predicted octanol–water partition coefficient (Wildman–Crippen LogP) is 4.60. The van der Waals surface area contributed by atoms with Crippen LogP contribution in [0.25, 0.3) is 0 Å². The second-order valence-electron chi connectivity index (χ2n) is 5.70. The van der Waals surface area contributed by atoms with Gasteiger partial charge in [0.05, 0.1) is 12.1 Å². The molecule has 1 amide bonds. The molecule has 7 heteroatoms. The number of carbonyl (C=O) groups excluding carboxylic acids is 1. The number of hydrogen-bond donors (Lipinski definition) is 2. The number of amides is 1. The fourth-order valence-corrected chi connectivity index (χ4v) is 2.54. The molecule has 0 aromatic heterocycles. The summed E-state index contributed by atoms with van der Waals surface area (Å²) >= 11 is 0. The molecule has 0 heterocycles. The monoisotopic (exact) mass is 365 g/mol. The maximum absolute atomic E-state index is 12.7. The predicted molar refractivity (Wildman–Crippen MR) is 98.6 cm³/mol. The van der Waals surface area contributed by atoms with E-state index in [-0.39, 0.29) is 18.1 Å². The van der Waals surface area contributed by atoms with Crippen molar-refractivity contribution >= 4 is 23.0 Å². The molecule has 0 saturated carbocycles. The van der Waals surface area contributed by atoms with E-state index in [1.54, 1.807) is 12.1 Å². The molecule has 4 nitrogen and oxygen atoms in total. The quantitative estimate of drug-likeness (QED) is 0.754. The average Bonchev–Trinajstić information content (AvgIpc) is 2.62. The Balaban J connectivity index is 1.91. The first-order valence-corrected chi connectivity index (χ1v) is 8.39. The van der Waals surface area contributed by atoms with Crippen LogP contribution in [0, 0.1) is 0 Å². The largest absolute Gasteiger partial charge is 0.416 e. The van der Waals surface area contributed by atoms with Gasteiger partial charge in [0.2, 0.25) is 5.91 Å². The Labute approximate surface area is 151 Å². The van der Waals surface area contributed by atoms with Crippen LogP contribution in [-0.2, 0) is 11.0 Å². The van der Waals surface area contributed by atoms with Crippen LogP contribution in [0.15, 0.2) is 48.5 Å². The number of anilines is 3. The highest BCUT2D eigenvalue weighted by Crippen LogP contribution is 2.30. The zero-order valence-electron chi connectivity index (χ0n) is 14.7. The first-order valence-electron chi connectivity index (χ1n) is 8.39. The molecule has 26 heavy (non-hydrogen) atoms. The molecule has 0 radical (unpaired) electrons. The number of nitrogens with zero attached hydrogens (tertiary/aromatic N) is 1. The number of hydrogen-bond acceptors (Lipinski definition) is 3. The molecule has 0 unspecified atom stereocenters. The second-order valence-corrected chi connectivity index (χ2v) is 5.70. The summed E-state index contributed by atoms with van der Waals surface area (Å²) in [6.07, 6.45) is -4.41. The standard InChI is InChI=1S/C19H22F3N3O/c1-3-25(4-2)17-10-8-15(9-11-17)24-18(26)13-23-16-7-5-6-14(12-16)19(20,21)22/h5-12,23H,3-4,13H2,1-2H3,(H,24,26). The van der Waals surface area contributed by atoms with Gasteiger partial charge in [0.15, 0.2) is 0 Å². The van der Waals surface area contributed by atoms with Gasteiger partial charge in [-0.1, -0.05) is 6.07 Å². The Bertz CT molecular complexity index is 726. The van der Waals surface area contributed by atoms with Gasteiger partial charge in [0.1, 0.15) is 0 Å². The van der Waals surface area contributed by atoms with Crippen molar-refractivity contribution in [1.29, 1.82) is 0 Å². The first-order chi connectivity index (χ1) is 12.3. The minimum absolute atomic E-state index is 0.126.